The summed E-state index contributed by atoms with van der Waals surface area (Å²) >= 11 is 0. The number of pyridine rings is 1. The molecule has 1 heterocycles. The van der Waals surface area contributed by atoms with E-state index >= 15 is 0 Å². The van der Waals surface area contributed by atoms with Gasteiger partial charge in [-0.2, -0.15) is 0 Å². The summed E-state index contributed by atoms with van der Waals surface area (Å²) < 4.78 is 5.72. The zero-order valence-corrected chi connectivity index (χ0v) is 11.5. The molecule has 104 valence electrons. The summed E-state index contributed by atoms with van der Waals surface area (Å²) in [7, 11) is 0. The number of nitrogens with two attached hydrogens (primary N) is 1. The second-order valence-corrected chi connectivity index (χ2v) is 4.50. The van der Waals surface area contributed by atoms with Gasteiger partial charge in [0.2, 0.25) is 11.8 Å². The number of aromatic nitrogens is 1. The lowest BCUT2D eigenvalue weighted by Crippen LogP contribution is -2.07. The average molecular weight is 271 g/mol. The van der Waals surface area contributed by atoms with Gasteiger partial charge in [0.15, 0.2) is 5.75 Å². The van der Waals surface area contributed by atoms with Crippen LogP contribution < -0.4 is 15.8 Å². The van der Waals surface area contributed by atoms with Crippen molar-refractivity contribution in [3.8, 4) is 11.6 Å². The largest absolute Gasteiger partial charge is 0.437 e. The van der Waals surface area contributed by atoms with Crippen LogP contribution in [-0.2, 0) is 4.79 Å². The Morgan fingerprint density at radius 1 is 1.35 bits per heavy atom. The van der Waals surface area contributed by atoms with Crippen LogP contribution in [0.2, 0.25) is 0 Å². The first-order valence-corrected chi connectivity index (χ1v) is 6.32. The molecule has 1 aromatic carbocycles. The molecule has 0 spiro atoms. The Kier molecular flexibility index (Phi) is 4.32. The summed E-state index contributed by atoms with van der Waals surface area (Å²) in [5, 5.41) is 2.71. The molecule has 0 saturated carbocycles. The van der Waals surface area contributed by atoms with Crippen LogP contribution in [0.3, 0.4) is 0 Å². The fraction of sp³-hybridized carbons (Fsp3) is 0.200. The van der Waals surface area contributed by atoms with Crippen LogP contribution >= 0.6 is 0 Å². The summed E-state index contributed by atoms with van der Waals surface area (Å²) in [6.45, 7) is 3.34. The molecule has 2 aromatic rings. The van der Waals surface area contributed by atoms with E-state index in [-0.39, 0.29) is 11.9 Å². The number of nitrogens with one attached hydrogen (secondary N) is 1. The molecule has 0 unspecified atom stereocenters. The maximum Gasteiger partial charge on any atom is 0.221 e. The summed E-state index contributed by atoms with van der Waals surface area (Å²) in [4.78, 5) is 15.3. The molecule has 0 aliphatic heterocycles. The molecule has 0 aliphatic rings. The van der Waals surface area contributed by atoms with E-state index in [9.17, 15) is 4.79 Å². The minimum absolute atomic E-state index is 0.0917. The van der Waals surface area contributed by atoms with Crippen LogP contribution in [0.15, 0.2) is 42.6 Å². The number of nitrogens with zero attached hydrogens (tertiary/aromatic N) is 1. The van der Waals surface area contributed by atoms with E-state index in [1.54, 1.807) is 24.4 Å². The summed E-state index contributed by atoms with van der Waals surface area (Å²) in [6.07, 6.45) is 1.65. The van der Waals surface area contributed by atoms with Crippen molar-refractivity contribution in [3.05, 3.63) is 48.2 Å². The molecule has 5 nitrogen and oxygen atoms in total. The lowest BCUT2D eigenvalue weighted by Gasteiger charge is -2.12. The molecule has 0 aliphatic carbocycles. The fourth-order valence-electron chi connectivity index (χ4n) is 1.73. The number of carbonyl (C=O) groups excluding carboxylic acids is 1. The van der Waals surface area contributed by atoms with Gasteiger partial charge in [-0.25, -0.2) is 4.98 Å². The number of anilines is 1. The lowest BCUT2D eigenvalue weighted by molar-refractivity contribution is -0.114. The van der Waals surface area contributed by atoms with Gasteiger partial charge < -0.3 is 15.8 Å². The van der Waals surface area contributed by atoms with Crippen LogP contribution in [-0.4, -0.2) is 10.9 Å². The number of hydrogen-bond donors (Lipinski definition) is 2. The van der Waals surface area contributed by atoms with Gasteiger partial charge >= 0.3 is 0 Å². The Morgan fingerprint density at radius 2 is 2.10 bits per heavy atom. The molecule has 0 fully saturated rings. The zero-order chi connectivity index (χ0) is 14.5. The second-order valence-electron chi connectivity index (χ2n) is 4.50. The predicted octanol–water partition coefficient (Wildman–Crippen LogP) is 2.85. The van der Waals surface area contributed by atoms with Crippen LogP contribution in [0.25, 0.3) is 0 Å². The van der Waals surface area contributed by atoms with E-state index in [1.807, 2.05) is 25.1 Å². The van der Waals surface area contributed by atoms with E-state index in [4.69, 9.17) is 10.5 Å². The number of amides is 1. The standard InChI is InChI=1S/C15H17N3O2/c1-10(16)12-7-8-17-15(9-12)20-14-6-4-3-5-13(14)18-11(2)19/h3-10H,16H2,1-2H3,(H,18,19)/t10-/m0/s1. The van der Waals surface area contributed by atoms with Crippen molar-refractivity contribution < 1.29 is 9.53 Å². The van der Waals surface area contributed by atoms with Crippen molar-refractivity contribution in [1.29, 1.82) is 0 Å². The lowest BCUT2D eigenvalue weighted by atomic mass is 10.1. The zero-order valence-electron chi connectivity index (χ0n) is 11.5. The molecular weight excluding hydrogens is 254 g/mol. The van der Waals surface area contributed by atoms with Crippen molar-refractivity contribution >= 4 is 11.6 Å². The van der Waals surface area contributed by atoms with Gasteiger partial charge in [-0.1, -0.05) is 12.1 Å². The van der Waals surface area contributed by atoms with Gasteiger partial charge in [-0.05, 0) is 30.7 Å². The first kappa shape index (κ1) is 14.0. The highest BCUT2D eigenvalue weighted by atomic mass is 16.5. The minimum Gasteiger partial charge on any atom is -0.437 e. The van der Waals surface area contributed by atoms with Crippen LogP contribution in [0.4, 0.5) is 5.69 Å². The van der Waals surface area contributed by atoms with Gasteiger partial charge in [-0.15, -0.1) is 0 Å². The van der Waals surface area contributed by atoms with Crippen molar-refractivity contribution in [2.45, 2.75) is 19.9 Å². The van der Waals surface area contributed by atoms with Crippen molar-refractivity contribution in [1.82, 2.24) is 4.98 Å². The van der Waals surface area contributed by atoms with Crippen molar-refractivity contribution in [3.63, 3.8) is 0 Å². The van der Waals surface area contributed by atoms with Crippen LogP contribution in [0.1, 0.15) is 25.5 Å². The highest BCUT2D eigenvalue weighted by Crippen LogP contribution is 2.29. The topological polar surface area (TPSA) is 77.2 Å². The van der Waals surface area contributed by atoms with E-state index in [2.05, 4.69) is 10.3 Å². The molecule has 1 aromatic heterocycles. The Hall–Kier alpha value is -2.40. The molecule has 2 rings (SSSR count). The van der Waals surface area contributed by atoms with Gasteiger partial charge in [-0.3, -0.25) is 4.79 Å². The SMILES string of the molecule is CC(=O)Nc1ccccc1Oc1cc([C@H](C)N)ccn1. The average Bonchev–Trinajstić information content (AvgIpc) is 2.41. The Balaban J connectivity index is 2.25. The maximum atomic E-state index is 11.2. The van der Waals surface area contributed by atoms with E-state index in [1.165, 1.54) is 6.92 Å². The smallest absolute Gasteiger partial charge is 0.221 e. The first-order chi connectivity index (χ1) is 9.56. The second kappa shape index (κ2) is 6.16. The summed E-state index contributed by atoms with van der Waals surface area (Å²) in [6, 6.07) is 10.7. The number of benzene rings is 1. The molecule has 1 atom stereocenters. The summed E-state index contributed by atoms with van der Waals surface area (Å²) in [5.74, 6) is 0.827. The highest BCUT2D eigenvalue weighted by Gasteiger charge is 2.08. The molecule has 3 N–H and O–H groups in total. The first-order valence-electron chi connectivity index (χ1n) is 6.32. The van der Waals surface area contributed by atoms with Crippen molar-refractivity contribution in [2.24, 2.45) is 5.73 Å². The Morgan fingerprint density at radius 3 is 2.80 bits per heavy atom. The van der Waals surface area contributed by atoms with Crippen LogP contribution in [0, 0.1) is 0 Å². The molecule has 20 heavy (non-hydrogen) atoms. The fourth-order valence-corrected chi connectivity index (χ4v) is 1.73. The maximum absolute atomic E-state index is 11.2. The monoisotopic (exact) mass is 271 g/mol. The molecule has 0 bridgehead atoms. The van der Waals surface area contributed by atoms with E-state index < -0.39 is 0 Å². The molecule has 0 radical (unpaired) electrons. The van der Waals surface area contributed by atoms with Gasteiger partial charge in [0.1, 0.15) is 0 Å². The van der Waals surface area contributed by atoms with Gasteiger partial charge in [0.25, 0.3) is 0 Å². The number of carbonyl (C=O) groups is 1. The normalized spacial score (nSPS) is 11.8. The third kappa shape index (κ3) is 3.55. The van der Waals surface area contributed by atoms with Crippen LogP contribution in [0.5, 0.6) is 11.6 Å². The number of hydrogen-bond acceptors (Lipinski definition) is 4. The number of para-hydroxylation sites is 2. The minimum atomic E-state index is -0.154. The van der Waals surface area contributed by atoms with Gasteiger partial charge in [0.05, 0.1) is 5.69 Å². The quantitative estimate of drug-likeness (QED) is 0.896. The molecule has 5 heteroatoms. The third-order valence-corrected chi connectivity index (χ3v) is 2.70. The van der Waals surface area contributed by atoms with Gasteiger partial charge in [0, 0.05) is 25.2 Å². The predicted molar refractivity (Wildman–Crippen MR) is 77.7 cm³/mol. The molecular formula is C15H17N3O2. The highest BCUT2D eigenvalue weighted by molar-refractivity contribution is 5.90. The molecule has 1 amide bonds. The third-order valence-electron chi connectivity index (χ3n) is 2.70. The van der Waals surface area contributed by atoms with Crippen molar-refractivity contribution in [2.75, 3.05) is 5.32 Å². The number of rotatable bonds is 4. The van der Waals surface area contributed by atoms with E-state index in [0.717, 1.165) is 5.56 Å². The van der Waals surface area contributed by atoms with E-state index in [0.29, 0.717) is 17.3 Å². The number of ether oxygens (including phenoxy) is 1. The summed E-state index contributed by atoms with van der Waals surface area (Å²) in [5.41, 5.74) is 7.37. The molecule has 0 saturated heterocycles. The Bertz CT molecular complexity index is 612. The Labute approximate surface area is 117 Å².